The summed E-state index contributed by atoms with van der Waals surface area (Å²) in [6.45, 7) is 4.17. The van der Waals surface area contributed by atoms with Gasteiger partial charge < -0.3 is 4.98 Å². The van der Waals surface area contributed by atoms with Crippen molar-refractivity contribution < 1.29 is 0 Å². The second-order valence-corrected chi connectivity index (χ2v) is 3.62. The predicted molar refractivity (Wildman–Crippen MR) is 54.9 cm³/mol. The molecule has 0 saturated carbocycles. The van der Waals surface area contributed by atoms with Gasteiger partial charge in [-0.15, -0.1) is 0 Å². The number of nitrogens with one attached hydrogen (secondary N) is 1. The maximum atomic E-state index is 8.73. The van der Waals surface area contributed by atoms with Gasteiger partial charge in [0.25, 0.3) is 0 Å². The quantitative estimate of drug-likeness (QED) is 0.742. The minimum atomic E-state index is 0.382. The average molecular weight is 185 g/mol. The fourth-order valence-corrected chi connectivity index (χ4v) is 1.37. The van der Waals surface area contributed by atoms with E-state index < -0.39 is 0 Å². The van der Waals surface area contributed by atoms with Crippen molar-refractivity contribution in [1.82, 2.24) is 9.97 Å². The monoisotopic (exact) mass is 185 g/mol. The van der Waals surface area contributed by atoms with Crippen molar-refractivity contribution in [3.63, 3.8) is 0 Å². The molecule has 0 spiro atoms. The van der Waals surface area contributed by atoms with Gasteiger partial charge in [-0.1, -0.05) is 13.8 Å². The van der Waals surface area contributed by atoms with Crippen LogP contribution in [0.5, 0.6) is 0 Å². The highest BCUT2D eigenvalue weighted by Gasteiger charge is 2.06. The molecule has 0 aliphatic rings. The Bertz CT molecular complexity index is 503. The molecule has 0 fully saturated rings. The molecule has 0 aliphatic carbocycles. The summed E-state index contributed by atoms with van der Waals surface area (Å²) in [7, 11) is 0. The van der Waals surface area contributed by atoms with Gasteiger partial charge in [0.05, 0.1) is 22.7 Å². The molecule has 1 aromatic carbocycles. The molecule has 70 valence electrons. The van der Waals surface area contributed by atoms with Crippen LogP contribution in [0.15, 0.2) is 18.2 Å². The fourth-order valence-electron chi connectivity index (χ4n) is 1.37. The molecule has 0 radical (unpaired) electrons. The fraction of sp³-hybridized carbons (Fsp3) is 0.273. The lowest BCUT2D eigenvalue weighted by Gasteiger charge is -1.95. The van der Waals surface area contributed by atoms with Crippen LogP contribution in [0, 0.1) is 11.3 Å². The van der Waals surface area contributed by atoms with Gasteiger partial charge in [-0.05, 0) is 18.2 Å². The van der Waals surface area contributed by atoms with Crippen molar-refractivity contribution in [1.29, 1.82) is 5.26 Å². The number of benzene rings is 1. The van der Waals surface area contributed by atoms with Crippen LogP contribution < -0.4 is 0 Å². The van der Waals surface area contributed by atoms with Crippen LogP contribution >= 0.6 is 0 Å². The Morgan fingerprint density at radius 1 is 1.43 bits per heavy atom. The molecule has 3 heteroatoms. The Morgan fingerprint density at radius 2 is 2.21 bits per heavy atom. The molecule has 3 nitrogen and oxygen atoms in total. The third kappa shape index (κ3) is 1.35. The predicted octanol–water partition coefficient (Wildman–Crippen LogP) is 2.56. The molecular formula is C11H11N3. The van der Waals surface area contributed by atoms with Crippen LogP contribution in [-0.2, 0) is 0 Å². The number of aromatic nitrogens is 2. The molecule has 1 aromatic heterocycles. The van der Waals surface area contributed by atoms with E-state index in [2.05, 4.69) is 29.9 Å². The molecule has 14 heavy (non-hydrogen) atoms. The number of nitrogens with zero attached hydrogens (tertiary/aromatic N) is 2. The molecule has 0 atom stereocenters. The zero-order valence-corrected chi connectivity index (χ0v) is 8.20. The normalized spacial score (nSPS) is 10.7. The molecular weight excluding hydrogens is 174 g/mol. The standard InChI is InChI=1S/C11H11N3/c1-7(2)11-13-9-4-3-8(6-12)5-10(9)14-11/h3-5,7H,1-2H3,(H,13,14). The highest BCUT2D eigenvalue weighted by atomic mass is 14.9. The minimum Gasteiger partial charge on any atom is -0.342 e. The number of imidazole rings is 1. The topological polar surface area (TPSA) is 52.5 Å². The lowest BCUT2D eigenvalue weighted by atomic mass is 10.2. The van der Waals surface area contributed by atoms with Gasteiger partial charge in [-0.3, -0.25) is 0 Å². The summed E-state index contributed by atoms with van der Waals surface area (Å²) >= 11 is 0. The van der Waals surface area contributed by atoms with Gasteiger partial charge in [-0.25, -0.2) is 4.98 Å². The van der Waals surface area contributed by atoms with Gasteiger partial charge in [0.2, 0.25) is 0 Å². The van der Waals surface area contributed by atoms with Crippen LogP contribution in [0.3, 0.4) is 0 Å². The maximum Gasteiger partial charge on any atom is 0.109 e. The highest BCUT2D eigenvalue weighted by Crippen LogP contribution is 2.17. The van der Waals surface area contributed by atoms with Crippen molar-refractivity contribution in [3.8, 4) is 6.07 Å². The van der Waals surface area contributed by atoms with Crippen molar-refractivity contribution in [2.45, 2.75) is 19.8 Å². The number of aromatic amines is 1. The summed E-state index contributed by atoms with van der Waals surface area (Å²) in [4.78, 5) is 7.64. The highest BCUT2D eigenvalue weighted by molar-refractivity contribution is 5.76. The molecule has 0 unspecified atom stereocenters. The Balaban J connectivity index is 2.61. The Hall–Kier alpha value is -1.82. The van der Waals surface area contributed by atoms with E-state index in [1.807, 2.05) is 6.07 Å². The smallest absolute Gasteiger partial charge is 0.109 e. The number of fused-ring (bicyclic) bond motifs is 1. The number of nitriles is 1. The third-order valence-electron chi connectivity index (χ3n) is 2.18. The lowest BCUT2D eigenvalue weighted by molar-refractivity contribution is 0.799. The van der Waals surface area contributed by atoms with Crippen LogP contribution in [0.25, 0.3) is 11.0 Å². The molecule has 0 saturated heterocycles. The maximum absolute atomic E-state index is 8.73. The Kier molecular flexibility index (Phi) is 1.97. The van der Waals surface area contributed by atoms with Crippen molar-refractivity contribution in [3.05, 3.63) is 29.6 Å². The van der Waals surface area contributed by atoms with E-state index in [0.29, 0.717) is 11.5 Å². The largest absolute Gasteiger partial charge is 0.342 e. The summed E-state index contributed by atoms with van der Waals surface area (Å²) in [5, 5.41) is 8.73. The van der Waals surface area contributed by atoms with E-state index in [9.17, 15) is 0 Å². The second-order valence-electron chi connectivity index (χ2n) is 3.62. The van der Waals surface area contributed by atoms with Crippen molar-refractivity contribution >= 4 is 11.0 Å². The van der Waals surface area contributed by atoms with E-state index in [1.54, 1.807) is 12.1 Å². The molecule has 0 amide bonds. The summed E-state index contributed by atoms with van der Waals surface area (Å²) < 4.78 is 0. The number of rotatable bonds is 1. The molecule has 2 aromatic rings. The second kappa shape index (κ2) is 3.15. The Labute approximate surface area is 82.4 Å². The average Bonchev–Trinajstić information content (AvgIpc) is 2.59. The van der Waals surface area contributed by atoms with Crippen LogP contribution in [0.2, 0.25) is 0 Å². The van der Waals surface area contributed by atoms with Gasteiger partial charge in [0.1, 0.15) is 5.82 Å². The first-order valence-electron chi connectivity index (χ1n) is 4.60. The number of hydrogen-bond donors (Lipinski definition) is 1. The van der Waals surface area contributed by atoms with E-state index in [1.165, 1.54) is 0 Å². The van der Waals surface area contributed by atoms with E-state index in [-0.39, 0.29) is 0 Å². The number of hydrogen-bond acceptors (Lipinski definition) is 2. The third-order valence-corrected chi connectivity index (χ3v) is 2.18. The SMILES string of the molecule is CC(C)c1nc2cc(C#N)ccc2[nH]1. The van der Waals surface area contributed by atoms with Gasteiger partial charge in [-0.2, -0.15) is 5.26 Å². The van der Waals surface area contributed by atoms with Gasteiger partial charge >= 0.3 is 0 Å². The van der Waals surface area contributed by atoms with Gasteiger partial charge in [0, 0.05) is 5.92 Å². The molecule has 0 bridgehead atoms. The first-order chi connectivity index (χ1) is 6.70. The lowest BCUT2D eigenvalue weighted by Crippen LogP contribution is -1.88. The first kappa shape index (κ1) is 8.76. The summed E-state index contributed by atoms with van der Waals surface area (Å²) in [6.07, 6.45) is 0. The molecule has 0 aliphatic heterocycles. The summed E-state index contributed by atoms with van der Waals surface area (Å²) in [5.74, 6) is 1.35. The first-order valence-corrected chi connectivity index (χ1v) is 4.60. The van der Waals surface area contributed by atoms with Crippen molar-refractivity contribution in [2.75, 3.05) is 0 Å². The van der Waals surface area contributed by atoms with Crippen molar-refractivity contribution in [2.24, 2.45) is 0 Å². The number of H-pyrrole nitrogens is 1. The van der Waals surface area contributed by atoms with Crippen LogP contribution in [-0.4, -0.2) is 9.97 Å². The zero-order valence-electron chi connectivity index (χ0n) is 8.20. The summed E-state index contributed by atoms with van der Waals surface area (Å²) in [5.41, 5.74) is 2.51. The van der Waals surface area contributed by atoms with Crippen LogP contribution in [0.4, 0.5) is 0 Å². The van der Waals surface area contributed by atoms with E-state index in [0.717, 1.165) is 16.9 Å². The minimum absolute atomic E-state index is 0.382. The molecule has 2 rings (SSSR count). The van der Waals surface area contributed by atoms with Crippen LogP contribution in [0.1, 0.15) is 31.2 Å². The zero-order chi connectivity index (χ0) is 10.1. The molecule has 1 heterocycles. The van der Waals surface area contributed by atoms with Gasteiger partial charge in [0.15, 0.2) is 0 Å². The summed E-state index contributed by atoms with van der Waals surface area (Å²) in [6, 6.07) is 7.60. The molecule has 1 N–H and O–H groups in total. The Morgan fingerprint density at radius 3 is 2.86 bits per heavy atom. The van der Waals surface area contributed by atoms with E-state index >= 15 is 0 Å². The van der Waals surface area contributed by atoms with E-state index in [4.69, 9.17) is 5.26 Å².